The van der Waals surface area contributed by atoms with Crippen molar-refractivity contribution in [1.82, 2.24) is 20.4 Å². The number of para-hydroxylation sites is 1. The van der Waals surface area contributed by atoms with Gasteiger partial charge in [-0.1, -0.05) is 35.5 Å². The van der Waals surface area contributed by atoms with E-state index < -0.39 is 0 Å². The number of hydrogen-bond acceptors (Lipinski definition) is 6. The number of hydrogen-bond donors (Lipinski definition) is 1. The smallest absolute Gasteiger partial charge is 0.251 e. The molecule has 8 nitrogen and oxygen atoms in total. The molecule has 1 saturated heterocycles. The highest BCUT2D eigenvalue weighted by molar-refractivity contribution is 5.96. The summed E-state index contributed by atoms with van der Waals surface area (Å²) in [6, 6.07) is 16.4. The molecule has 31 heavy (non-hydrogen) atoms. The van der Waals surface area contributed by atoms with E-state index in [0.717, 1.165) is 18.4 Å². The van der Waals surface area contributed by atoms with Crippen LogP contribution in [0.5, 0.6) is 5.75 Å². The third-order valence-corrected chi connectivity index (χ3v) is 5.42. The molecule has 4 rings (SSSR count). The molecule has 1 aliphatic heterocycles. The minimum absolute atomic E-state index is 0.0170. The number of ether oxygens (including phenoxy) is 1. The van der Waals surface area contributed by atoms with Gasteiger partial charge < -0.3 is 19.5 Å². The molecule has 0 spiro atoms. The molecule has 0 saturated carbocycles. The Balaban J connectivity index is 1.30. The average molecular weight is 420 g/mol. The van der Waals surface area contributed by atoms with Gasteiger partial charge in [-0.3, -0.25) is 9.59 Å². The van der Waals surface area contributed by atoms with Gasteiger partial charge in [0.2, 0.25) is 17.6 Å². The van der Waals surface area contributed by atoms with Crippen LogP contribution in [0.25, 0.3) is 11.4 Å². The summed E-state index contributed by atoms with van der Waals surface area (Å²) in [6.07, 6.45) is 1.46. The lowest BCUT2D eigenvalue weighted by Gasteiger charge is -2.30. The molecule has 1 aromatic heterocycles. The van der Waals surface area contributed by atoms with E-state index in [0.29, 0.717) is 36.1 Å². The molecule has 2 amide bonds. The van der Waals surface area contributed by atoms with Crippen molar-refractivity contribution in [3.63, 3.8) is 0 Å². The second-order valence-corrected chi connectivity index (χ2v) is 7.36. The standard InChI is InChI=1S/C23H24N4O4/c1-30-19-10-6-5-9-18(19)21-25-23(31-26-21)17-11-13-27(14-12-17)20(28)15-24-22(29)16-7-3-2-4-8-16/h2-10,17H,11-15H2,1H3,(H,24,29). The molecule has 2 heterocycles. The number of carbonyl (C=O) groups excluding carboxylic acids is 2. The maximum Gasteiger partial charge on any atom is 0.251 e. The number of benzene rings is 2. The van der Waals surface area contributed by atoms with Crippen LogP contribution in [0.3, 0.4) is 0 Å². The number of nitrogens with zero attached hydrogens (tertiary/aromatic N) is 3. The van der Waals surface area contributed by atoms with Crippen molar-refractivity contribution in [2.45, 2.75) is 18.8 Å². The second kappa shape index (κ2) is 9.42. The van der Waals surface area contributed by atoms with Gasteiger partial charge in [0, 0.05) is 24.6 Å². The highest BCUT2D eigenvalue weighted by atomic mass is 16.5. The summed E-state index contributed by atoms with van der Waals surface area (Å²) in [4.78, 5) is 30.9. The molecule has 2 aromatic carbocycles. The zero-order valence-corrected chi connectivity index (χ0v) is 17.3. The van der Waals surface area contributed by atoms with E-state index in [4.69, 9.17) is 9.26 Å². The second-order valence-electron chi connectivity index (χ2n) is 7.36. The number of nitrogens with one attached hydrogen (secondary N) is 1. The van der Waals surface area contributed by atoms with Crippen LogP contribution in [0, 0.1) is 0 Å². The van der Waals surface area contributed by atoms with Crippen molar-refractivity contribution in [2.75, 3.05) is 26.7 Å². The first-order valence-electron chi connectivity index (χ1n) is 10.2. The first kappa shape index (κ1) is 20.6. The Labute approximate surface area is 180 Å². The summed E-state index contributed by atoms with van der Waals surface area (Å²) < 4.78 is 10.9. The summed E-state index contributed by atoms with van der Waals surface area (Å²) in [7, 11) is 1.61. The first-order valence-corrected chi connectivity index (χ1v) is 10.2. The Morgan fingerprint density at radius 1 is 1.10 bits per heavy atom. The summed E-state index contributed by atoms with van der Waals surface area (Å²) >= 11 is 0. The molecule has 0 bridgehead atoms. The van der Waals surface area contributed by atoms with Gasteiger partial charge in [-0.2, -0.15) is 4.98 Å². The Hall–Kier alpha value is -3.68. The van der Waals surface area contributed by atoms with Crippen LogP contribution in [-0.4, -0.2) is 53.6 Å². The summed E-state index contributed by atoms with van der Waals surface area (Å²) in [5, 5.41) is 6.80. The summed E-state index contributed by atoms with van der Waals surface area (Å²) in [6.45, 7) is 1.14. The highest BCUT2D eigenvalue weighted by Crippen LogP contribution is 2.31. The number of piperidine rings is 1. The van der Waals surface area contributed by atoms with E-state index in [1.54, 1.807) is 36.3 Å². The fourth-order valence-electron chi connectivity index (χ4n) is 3.67. The third-order valence-electron chi connectivity index (χ3n) is 5.42. The monoisotopic (exact) mass is 420 g/mol. The van der Waals surface area contributed by atoms with Crippen molar-refractivity contribution >= 4 is 11.8 Å². The van der Waals surface area contributed by atoms with Crippen LogP contribution < -0.4 is 10.1 Å². The van der Waals surface area contributed by atoms with Crippen LogP contribution in [0.4, 0.5) is 0 Å². The van der Waals surface area contributed by atoms with Crippen molar-refractivity contribution in [3.8, 4) is 17.1 Å². The van der Waals surface area contributed by atoms with Crippen molar-refractivity contribution in [1.29, 1.82) is 0 Å². The molecule has 160 valence electrons. The van der Waals surface area contributed by atoms with Crippen molar-refractivity contribution in [3.05, 3.63) is 66.1 Å². The maximum atomic E-state index is 12.5. The van der Waals surface area contributed by atoms with Gasteiger partial charge in [0.1, 0.15) is 5.75 Å². The summed E-state index contributed by atoms with van der Waals surface area (Å²) in [5.41, 5.74) is 1.32. The molecular weight excluding hydrogens is 396 g/mol. The minimum Gasteiger partial charge on any atom is -0.496 e. The topological polar surface area (TPSA) is 97.6 Å². The fraction of sp³-hybridized carbons (Fsp3) is 0.304. The highest BCUT2D eigenvalue weighted by Gasteiger charge is 2.28. The fourth-order valence-corrected chi connectivity index (χ4v) is 3.67. The number of carbonyl (C=O) groups is 2. The lowest BCUT2D eigenvalue weighted by Crippen LogP contribution is -2.43. The normalized spacial score (nSPS) is 14.3. The largest absolute Gasteiger partial charge is 0.496 e. The van der Waals surface area contributed by atoms with Crippen LogP contribution in [0.1, 0.15) is 35.0 Å². The van der Waals surface area contributed by atoms with Gasteiger partial charge in [-0.05, 0) is 37.1 Å². The molecule has 0 aliphatic carbocycles. The molecular formula is C23H24N4O4. The molecule has 0 radical (unpaired) electrons. The Morgan fingerprint density at radius 3 is 2.55 bits per heavy atom. The third kappa shape index (κ3) is 4.74. The molecule has 1 fully saturated rings. The molecule has 0 unspecified atom stereocenters. The van der Waals surface area contributed by atoms with E-state index in [1.807, 2.05) is 30.3 Å². The quantitative estimate of drug-likeness (QED) is 0.659. The van der Waals surface area contributed by atoms with E-state index in [2.05, 4.69) is 15.5 Å². The zero-order valence-electron chi connectivity index (χ0n) is 17.3. The van der Waals surface area contributed by atoms with Gasteiger partial charge in [-0.15, -0.1) is 0 Å². The predicted molar refractivity (Wildman–Crippen MR) is 114 cm³/mol. The lowest BCUT2D eigenvalue weighted by atomic mass is 9.96. The zero-order chi connectivity index (χ0) is 21.6. The van der Waals surface area contributed by atoms with Crippen LogP contribution in [0.2, 0.25) is 0 Å². The summed E-state index contributed by atoms with van der Waals surface area (Å²) in [5.74, 6) is 1.51. The molecule has 1 aliphatic rings. The number of likely N-dealkylation sites (tertiary alicyclic amines) is 1. The van der Waals surface area contributed by atoms with Crippen LogP contribution in [-0.2, 0) is 4.79 Å². The Bertz CT molecular complexity index is 1040. The maximum absolute atomic E-state index is 12.5. The Morgan fingerprint density at radius 2 is 1.81 bits per heavy atom. The molecule has 0 atom stereocenters. The predicted octanol–water partition coefficient (Wildman–Crippen LogP) is 2.88. The van der Waals surface area contributed by atoms with E-state index in [1.165, 1.54) is 0 Å². The number of amides is 2. The van der Waals surface area contributed by atoms with Gasteiger partial charge in [0.05, 0.1) is 19.2 Å². The van der Waals surface area contributed by atoms with Crippen LogP contribution in [0.15, 0.2) is 59.1 Å². The molecule has 3 aromatic rings. The van der Waals surface area contributed by atoms with Crippen molar-refractivity contribution in [2.24, 2.45) is 0 Å². The molecule has 1 N–H and O–H groups in total. The average Bonchev–Trinajstić information content (AvgIpc) is 3.33. The van der Waals surface area contributed by atoms with E-state index >= 15 is 0 Å². The van der Waals surface area contributed by atoms with Crippen LogP contribution >= 0.6 is 0 Å². The number of aromatic nitrogens is 2. The lowest BCUT2D eigenvalue weighted by molar-refractivity contribution is -0.131. The Kier molecular flexibility index (Phi) is 6.26. The SMILES string of the molecule is COc1ccccc1-c1noc(C2CCN(C(=O)CNC(=O)c3ccccc3)CC2)n1. The van der Waals surface area contributed by atoms with Crippen molar-refractivity contribution < 1.29 is 18.8 Å². The number of methoxy groups -OCH3 is 1. The van der Waals surface area contributed by atoms with Gasteiger partial charge >= 0.3 is 0 Å². The van der Waals surface area contributed by atoms with Gasteiger partial charge in [0.15, 0.2) is 0 Å². The van der Waals surface area contributed by atoms with Gasteiger partial charge in [0.25, 0.3) is 5.91 Å². The first-order chi connectivity index (χ1) is 15.2. The van der Waals surface area contributed by atoms with E-state index in [-0.39, 0.29) is 24.3 Å². The minimum atomic E-state index is -0.251. The molecule has 8 heteroatoms. The number of rotatable bonds is 6. The van der Waals surface area contributed by atoms with E-state index in [9.17, 15) is 9.59 Å². The van der Waals surface area contributed by atoms with Gasteiger partial charge in [-0.25, -0.2) is 0 Å².